The summed E-state index contributed by atoms with van der Waals surface area (Å²) in [6.45, 7) is 2.25. The van der Waals surface area contributed by atoms with E-state index < -0.39 is 5.60 Å². The highest BCUT2D eigenvalue weighted by Crippen LogP contribution is 2.29. The van der Waals surface area contributed by atoms with Crippen molar-refractivity contribution in [1.82, 2.24) is 4.57 Å². The summed E-state index contributed by atoms with van der Waals surface area (Å²) in [4.78, 5) is 25.7. The standard InChI is InChI=1S/C24H26N2O3/c1-17-7-5-8-18(15-17)22(27)25-21-10-6-9-20-19(21)11-14-26(23(20)28)16-24(29)12-3-2-4-13-24/h5-11,14-15,29H,2-4,12-13,16H2,1H3,(H,25,27). The quantitative estimate of drug-likeness (QED) is 0.699. The van der Waals surface area contributed by atoms with Crippen LogP contribution in [0.5, 0.6) is 0 Å². The van der Waals surface area contributed by atoms with Crippen LogP contribution in [0, 0.1) is 6.92 Å². The van der Waals surface area contributed by atoms with E-state index in [-0.39, 0.29) is 11.5 Å². The summed E-state index contributed by atoms with van der Waals surface area (Å²) < 4.78 is 1.60. The van der Waals surface area contributed by atoms with Crippen LogP contribution in [0.3, 0.4) is 0 Å². The van der Waals surface area contributed by atoms with Gasteiger partial charge in [0.2, 0.25) is 0 Å². The average molecular weight is 390 g/mol. The summed E-state index contributed by atoms with van der Waals surface area (Å²) >= 11 is 0. The maximum absolute atomic E-state index is 13.0. The van der Waals surface area contributed by atoms with Gasteiger partial charge in [0.25, 0.3) is 11.5 Å². The molecule has 1 fully saturated rings. The Balaban J connectivity index is 1.64. The lowest BCUT2D eigenvalue weighted by molar-refractivity contribution is -0.0121. The van der Waals surface area contributed by atoms with Crippen molar-refractivity contribution in [3.63, 3.8) is 0 Å². The van der Waals surface area contributed by atoms with Crippen LogP contribution in [0.2, 0.25) is 0 Å². The minimum atomic E-state index is -0.813. The molecule has 5 heteroatoms. The third kappa shape index (κ3) is 4.10. The van der Waals surface area contributed by atoms with Gasteiger partial charge in [-0.25, -0.2) is 0 Å². The number of aliphatic hydroxyl groups is 1. The van der Waals surface area contributed by atoms with Gasteiger partial charge in [-0.05, 0) is 50.1 Å². The first-order chi connectivity index (χ1) is 14.0. The van der Waals surface area contributed by atoms with Gasteiger partial charge < -0.3 is 15.0 Å². The zero-order valence-corrected chi connectivity index (χ0v) is 16.6. The molecule has 1 amide bonds. The molecule has 29 heavy (non-hydrogen) atoms. The zero-order valence-electron chi connectivity index (χ0n) is 16.6. The van der Waals surface area contributed by atoms with Crippen molar-refractivity contribution in [2.75, 3.05) is 5.32 Å². The topological polar surface area (TPSA) is 71.3 Å². The lowest BCUT2D eigenvalue weighted by atomic mass is 9.85. The van der Waals surface area contributed by atoms with Gasteiger partial charge in [0.05, 0.1) is 12.1 Å². The zero-order chi connectivity index (χ0) is 20.4. The van der Waals surface area contributed by atoms with Gasteiger partial charge in [0.15, 0.2) is 0 Å². The second kappa shape index (κ2) is 7.84. The highest BCUT2D eigenvalue weighted by molar-refractivity contribution is 6.09. The molecule has 150 valence electrons. The molecule has 0 bridgehead atoms. The van der Waals surface area contributed by atoms with Gasteiger partial charge >= 0.3 is 0 Å². The number of fused-ring (bicyclic) bond motifs is 1. The van der Waals surface area contributed by atoms with Crippen LogP contribution < -0.4 is 10.9 Å². The van der Waals surface area contributed by atoms with E-state index in [1.54, 1.807) is 35.0 Å². The summed E-state index contributed by atoms with van der Waals surface area (Å²) in [5.41, 5.74) is 1.24. The maximum Gasteiger partial charge on any atom is 0.258 e. The Morgan fingerprint density at radius 3 is 2.59 bits per heavy atom. The Bertz CT molecular complexity index is 1110. The number of nitrogens with zero attached hydrogens (tertiary/aromatic N) is 1. The number of benzene rings is 2. The number of nitrogens with one attached hydrogen (secondary N) is 1. The number of aryl methyl sites for hydroxylation is 1. The summed E-state index contributed by atoms with van der Waals surface area (Å²) in [5.74, 6) is -0.207. The van der Waals surface area contributed by atoms with Gasteiger partial charge in [0.1, 0.15) is 0 Å². The Hall–Kier alpha value is -2.92. The molecule has 1 aliphatic rings. The van der Waals surface area contributed by atoms with Crippen molar-refractivity contribution in [3.8, 4) is 0 Å². The molecule has 2 aromatic carbocycles. The Labute approximate surface area is 170 Å². The Morgan fingerprint density at radius 1 is 1.07 bits per heavy atom. The van der Waals surface area contributed by atoms with Crippen molar-refractivity contribution in [1.29, 1.82) is 0 Å². The van der Waals surface area contributed by atoms with Crippen LogP contribution in [0.15, 0.2) is 59.5 Å². The smallest absolute Gasteiger partial charge is 0.258 e. The van der Waals surface area contributed by atoms with Crippen molar-refractivity contribution in [2.45, 2.75) is 51.2 Å². The van der Waals surface area contributed by atoms with Crippen LogP contribution >= 0.6 is 0 Å². The first kappa shape index (κ1) is 19.4. The lowest BCUT2D eigenvalue weighted by Crippen LogP contribution is -2.39. The number of aromatic nitrogens is 1. The molecule has 0 spiro atoms. The minimum absolute atomic E-state index is 0.145. The number of rotatable bonds is 4. The third-order valence-electron chi connectivity index (χ3n) is 5.80. The van der Waals surface area contributed by atoms with Gasteiger partial charge in [-0.1, -0.05) is 43.0 Å². The minimum Gasteiger partial charge on any atom is -0.388 e. The number of pyridine rings is 1. The molecule has 1 aromatic heterocycles. The molecule has 0 saturated heterocycles. The van der Waals surface area contributed by atoms with Crippen LogP contribution in [-0.4, -0.2) is 21.2 Å². The second-order valence-electron chi connectivity index (χ2n) is 8.12. The fourth-order valence-corrected chi connectivity index (χ4v) is 4.22. The molecule has 5 nitrogen and oxygen atoms in total. The van der Waals surface area contributed by atoms with E-state index in [1.165, 1.54) is 0 Å². The van der Waals surface area contributed by atoms with Crippen molar-refractivity contribution < 1.29 is 9.90 Å². The van der Waals surface area contributed by atoms with E-state index in [0.29, 0.717) is 28.6 Å². The molecular formula is C24H26N2O3. The molecule has 0 aliphatic heterocycles. The fraction of sp³-hybridized carbons (Fsp3) is 0.333. The van der Waals surface area contributed by atoms with Crippen molar-refractivity contribution >= 4 is 22.4 Å². The summed E-state index contributed by atoms with van der Waals surface area (Å²) in [6, 6.07) is 14.6. The molecule has 0 unspecified atom stereocenters. The third-order valence-corrected chi connectivity index (χ3v) is 5.80. The van der Waals surface area contributed by atoms with E-state index in [2.05, 4.69) is 5.32 Å². The monoisotopic (exact) mass is 390 g/mol. The number of hydrogen-bond acceptors (Lipinski definition) is 3. The predicted octanol–water partition coefficient (Wildman–Crippen LogP) is 4.26. The molecule has 1 aliphatic carbocycles. The number of carbonyl (C=O) groups is 1. The largest absolute Gasteiger partial charge is 0.388 e. The summed E-state index contributed by atoms with van der Waals surface area (Å²) in [5, 5.41) is 15.0. The van der Waals surface area contributed by atoms with Crippen LogP contribution in [0.25, 0.3) is 10.8 Å². The van der Waals surface area contributed by atoms with Crippen molar-refractivity contribution in [3.05, 3.63) is 76.2 Å². The lowest BCUT2D eigenvalue weighted by Gasteiger charge is -2.32. The van der Waals surface area contributed by atoms with Gasteiger partial charge in [-0.3, -0.25) is 9.59 Å². The Morgan fingerprint density at radius 2 is 1.83 bits per heavy atom. The molecule has 3 aromatic rings. The first-order valence-electron chi connectivity index (χ1n) is 10.2. The maximum atomic E-state index is 13.0. The SMILES string of the molecule is Cc1cccc(C(=O)Nc2cccc3c(=O)n(CC4(O)CCCCC4)ccc23)c1. The highest BCUT2D eigenvalue weighted by atomic mass is 16.3. The average Bonchev–Trinajstić information content (AvgIpc) is 2.71. The second-order valence-corrected chi connectivity index (χ2v) is 8.12. The van der Waals surface area contributed by atoms with Crippen molar-refractivity contribution in [2.24, 2.45) is 0 Å². The van der Waals surface area contributed by atoms with Gasteiger partial charge in [-0.15, -0.1) is 0 Å². The first-order valence-corrected chi connectivity index (χ1v) is 10.2. The van der Waals surface area contributed by atoms with Gasteiger partial charge in [-0.2, -0.15) is 0 Å². The molecule has 0 radical (unpaired) electrons. The van der Waals surface area contributed by atoms with E-state index in [1.807, 2.05) is 31.2 Å². The van der Waals surface area contributed by atoms with E-state index >= 15 is 0 Å². The van der Waals surface area contributed by atoms with Crippen LogP contribution in [0.1, 0.15) is 48.0 Å². The molecule has 1 heterocycles. The Kier molecular flexibility index (Phi) is 5.24. The molecule has 2 N–H and O–H groups in total. The van der Waals surface area contributed by atoms with E-state index in [0.717, 1.165) is 37.7 Å². The van der Waals surface area contributed by atoms with E-state index in [9.17, 15) is 14.7 Å². The fourth-order valence-electron chi connectivity index (χ4n) is 4.22. The number of anilines is 1. The molecular weight excluding hydrogens is 364 g/mol. The summed E-state index contributed by atoms with van der Waals surface area (Å²) in [6.07, 6.45) is 6.30. The predicted molar refractivity (Wildman–Crippen MR) is 115 cm³/mol. The normalized spacial score (nSPS) is 15.9. The van der Waals surface area contributed by atoms with E-state index in [4.69, 9.17) is 0 Å². The number of amides is 1. The number of carbonyl (C=O) groups excluding carboxylic acids is 1. The highest BCUT2D eigenvalue weighted by Gasteiger charge is 2.30. The van der Waals surface area contributed by atoms with Crippen LogP contribution in [0.4, 0.5) is 5.69 Å². The summed E-state index contributed by atoms with van der Waals surface area (Å²) in [7, 11) is 0. The molecule has 0 atom stereocenters. The molecule has 4 rings (SSSR count). The molecule has 1 saturated carbocycles. The number of hydrogen-bond donors (Lipinski definition) is 2. The van der Waals surface area contributed by atoms with Crippen LogP contribution in [-0.2, 0) is 6.54 Å². The van der Waals surface area contributed by atoms with Gasteiger partial charge in [0, 0.05) is 28.2 Å².